The van der Waals surface area contributed by atoms with Crippen LogP contribution in [-0.2, 0) is 6.54 Å². The number of nitrogens with zero attached hydrogens (tertiary/aromatic N) is 2. The minimum absolute atomic E-state index is 0.284. The molecule has 2 N–H and O–H groups in total. The van der Waals surface area contributed by atoms with Crippen molar-refractivity contribution in [3.63, 3.8) is 0 Å². The average Bonchev–Trinajstić information content (AvgIpc) is 2.99. The van der Waals surface area contributed by atoms with Crippen molar-refractivity contribution < 1.29 is 9.47 Å². The first-order chi connectivity index (χ1) is 13.3. The molecular weight excluding hydrogens is 360 g/mol. The molecule has 6 nitrogen and oxygen atoms in total. The van der Waals surface area contributed by atoms with Crippen LogP contribution in [0.15, 0.2) is 36.5 Å². The van der Waals surface area contributed by atoms with E-state index in [-0.39, 0.29) is 6.79 Å². The zero-order chi connectivity index (χ0) is 18.5. The smallest absolute Gasteiger partial charge is 0.231 e. The van der Waals surface area contributed by atoms with Gasteiger partial charge in [-0.15, -0.1) is 0 Å². The van der Waals surface area contributed by atoms with E-state index < -0.39 is 0 Å². The van der Waals surface area contributed by atoms with Gasteiger partial charge in [-0.1, -0.05) is 18.9 Å². The molecule has 142 valence electrons. The van der Waals surface area contributed by atoms with Crippen molar-refractivity contribution in [2.45, 2.75) is 32.2 Å². The molecular formula is C20H24N4O2S. The lowest BCUT2D eigenvalue weighted by atomic mass is 10.2. The summed E-state index contributed by atoms with van der Waals surface area (Å²) in [4.78, 5) is 6.97. The van der Waals surface area contributed by atoms with E-state index in [1.54, 1.807) is 0 Å². The van der Waals surface area contributed by atoms with Gasteiger partial charge in [0.2, 0.25) is 6.79 Å². The second-order valence-electron chi connectivity index (χ2n) is 6.80. The Morgan fingerprint density at radius 3 is 2.63 bits per heavy atom. The van der Waals surface area contributed by atoms with Crippen LogP contribution in [0.25, 0.3) is 0 Å². The van der Waals surface area contributed by atoms with Gasteiger partial charge < -0.3 is 25.0 Å². The van der Waals surface area contributed by atoms with Gasteiger partial charge in [0.05, 0.1) is 11.9 Å². The summed E-state index contributed by atoms with van der Waals surface area (Å²) in [6.07, 6.45) is 6.97. The molecule has 1 aromatic heterocycles. The molecule has 1 aromatic carbocycles. The predicted molar refractivity (Wildman–Crippen MR) is 111 cm³/mol. The van der Waals surface area contributed by atoms with Gasteiger partial charge in [-0.05, 0) is 54.9 Å². The Bertz CT molecular complexity index is 789. The third kappa shape index (κ3) is 4.60. The molecule has 27 heavy (non-hydrogen) atoms. The Morgan fingerprint density at radius 1 is 1.04 bits per heavy atom. The maximum atomic E-state index is 5.40. The van der Waals surface area contributed by atoms with Crippen molar-refractivity contribution in [2.75, 3.05) is 30.1 Å². The topological polar surface area (TPSA) is 58.6 Å². The van der Waals surface area contributed by atoms with Crippen LogP contribution in [0.3, 0.4) is 0 Å². The average molecular weight is 385 g/mol. The van der Waals surface area contributed by atoms with Crippen LogP contribution in [0.5, 0.6) is 11.5 Å². The molecule has 1 fully saturated rings. The summed E-state index contributed by atoms with van der Waals surface area (Å²) in [6, 6.07) is 9.98. The summed E-state index contributed by atoms with van der Waals surface area (Å²) >= 11 is 5.39. The number of aromatic nitrogens is 1. The van der Waals surface area contributed by atoms with E-state index in [1.807, 2.05) is 30.5 Å². The van der Waals surface area contributed by atoms with E-state index in [4.69, 9.17) is 21.7 Å². The summed E-state index contributed by atoms with van der Waals surface area (Å²) in [7, 11) is 0. The maximum Gasteiger partial charge on any atom is 0.231 e. The lowest BCUT2D eigenvalue weighted by Crippen LogP contribution is -2.28. The lowest BCUT2D eigenvalue weighted by molar-refractivity contribution is 0.174. The highest BCUT2D eigenvalue weighted by molar-refractivity contribution is 7.80. The first-order valence-corrected chi connectivity index (χ1v) is 9.83. The molecule has 2 aliphatic rings. The second kappa shape index (κ2) is 8.43. The highest BCUT2D eigenvalue weighted by atomic mass is 32.1. The van der Waals surface area contributed by atoms with Crippen molar-refractivity contribution in [2.24, 2.45) is 0 Å². The van der Waals surface area contributed by atoms with E-state index in [0.29, 0.717) is 11.7 Å². The van der Waals surface area contributed by atoms with Crippen LogP contribution >= 0.6 is 12.2 Å². The third-order valence-electron chi connectivity index (χ3n) is 4.83. The molecule has 0 amide bonds. The zero-order valence-corrected chi connectivity index (χ0v) is 16.1. The Balaban J connectivity index is 1.29. The van der Waals surface area contributed by atoms with Gasteiger partial charge >= 0.3 is 0 Å². The summed E-state index contributed by atoms with van der Waals surface area (Å²) < 4.78 is 10.7. The van der Waals surface area contributed by atoms with Crippen LogP contribution in [0.2, 0.25) is 0 Å². The van der Waals surface area contributed by atoms with Gasteiger partial charge in [0.1, 0.15) is 5.82 Å². The van der Waals surface area contributed by atoms with E-state index >= 15 is 0 Å². The van der Waals surface area contributed by atoms with Crippen LogP contribution in [-0.4, -0.2) is 30.0 Å². The van der Waals surface area contributed by atoms with Crippen LogP contribution in [0, 0.1) is 0 Å². The third-order valence-corrected chi connectivity index (χ3v) is 5.07. The van der Waals surface area contributed by atoms with E-state index in [0.717, 1.165) is 41.7 Å². The maximum absolute atomic E-state index is 5.40. The summed E-state index contributed by atoms with van der Waals surface area (Å²) in [5.41, 5.74) is 1.97. The molecule has 3 heterocycles. The van der Waals surface area contributed by atoms with Gasteiger partial charge in [0.25, 0.3) is 0 Å². The SMILES string of the molecule is S=C(NCc1ccc2c(c1)OCO2)Nc1ccc(N2CCCCCC2)nc1. The molecule has 4 rings (SSSR count). The minimum Gasteiger partial charge on any atom is -0.454 e. The highest BCUT2D eigenvalue weighted by Gasteiger charge is 2.13. The number of pyridine rings is 1. The summed E-state index contributed by atoms with van der Waals surface area (Å²) in [6.45, 7) is 3.08. The number of hydrogen-bond donors (Lipinski definition) is 2. The normalized spacial score (nSPS) is 15.9. The number of anilines is 2. The minimum atomic E-state index is 0.284. The fourth-order valence-electron chi connectivity index (χ4n) is 3.36. The lowest BCUT2D eigenvalue weighted by Gasteiger charge is -2.21. The molecule has 0 aliphatic carbocycles. The van der Waals surface area contributed by atoms with Gasteiger partial charge in [-0.2, -0.15) is 0 Å². The standard InChI is InChI=1S/C20H24N4O2S/c27-20(22-12-15-5-7-17-18(11-15)26-14-25-17)23-16-6-8-19(21-13-16)24-9-3-1-2-4-10-24/h5-8,11,13H,1-4,9-10,12,14H2,(H2,22,23,27). The monoisotopic (exact) mass is 384 g/mol. The van der Waals surface area contributed by atoms with E-state index in [9.17, 15) is 0 Å². The fraction of sp³-hybridized carbons (Fsp3) is 0.400. The van der Waals surface area contributed by atoms with Crippen LogP contribution in [0.4, 0.5) is 11.5 Å². The number of benzene rings is 1. The van der Waals surface area contributed by atoms with Gasteiger partial charge in [0, 0.05) is 19.6 Å². The van der Waals surface area contributed by atoms with E-state index in [2.05, 4.69) is 26.6 Å². The summed E-state index contributed by atoms with van der Waals surface area (Å²) in [5.74, 6) is 2.61. The van der Waals surface area contributed by atoms with Crippen molar-refractivity contribution in [3.8, 4) is 11.5 Å². The first kappa shape index (κ1) is 17.9. The van der Waals surface area contributed by atoms with Gasteiger partial charge in [-0.3, -0.25) is 0 Å². The Morgan fingerprint density at radius 2 is 1.85 bits per heavy atom. The largest absolute Gasteiger partial charge is 0.454 e. The number of hydrogen-bond acceptors (Lipinski definition) is 5. The molecule has 7 heteroatoms. The Labute approximate surface area is 164 Å². The number of thiocarbonyl (C=S) groups is 1. The quantitative estimate of drug-likeness (QED) is 0.780. The van der Waals surface area contributed by atoms with Crippen molar-refractivity contribution in [1.29, 1.82) is 0 Å². The molecule has 0 atom stereocenters. The molecule has 0 radical (unpaired) electrons. The highest BCUT2D eigenvalue weighted by Crippen LogP contribution is 2.32. The van der Waals surface area contributed by atoms with Gasteiger partial charge in [0.15, 0.2) is 16.6 Å². The number of fused-ring (bicyclic) bond motifs is 1. The number of nitrogens with one attached hydrogen (secondary N) is 2. The molecule has 0 spiro atoms. The molecule has 1 saturated heterocycles. The fourth-order valence-corrected chi connectivity index (χ4v) is 3.55. The Kier molecular flexibility index (Phi) is 5.58. The number of ether oxygens (including phenoxy) is 2. The Hall–Kier alpha value is -2.54. The zero-order valence-electron chi connectivity index (χ0n) is 15.2. The van der Waals surface area contributed by atoms with Crippen molar-refractivity contribution in [3.05, 3.63) is 42.1 Å². The molecule has 0 bridgehead atoms. The van der Waals surface area contributed by atoms with E-state index in [1.165, 1.54) is 25.7 Å². The molecule has 0 saturated carbocycles. The molecule has 2 aromatic rings. The first-order valence-electron chi connectivity index (χ1n) is 9.42. The predicted octanol–water partition coefficient (Wildman–Crippen LogP) is 3.68. The van der Waals surface area contributed by atoms with Crippen molar-refractivity contribution >= 4 is 28.8 Å². The van der Waals surface area contributed by atoms with Crippen molar-refractivity contribution in [1.82, 2.24) is 10.3 Å². The molecule has 2 aliphatic heterocycles. The van der Waals surface area contributed by atoms with Crippen LogP contribution in [0.1, 0.15) is 31.2 Å². The number of rotatable bonds is 4. The summed E-state index contributed by atoms with van der Waals surface area (Å²) in [5, 5.41) is 6.97. The second-order valence-corrected chi connectivity index (χ2v) is 7.21. The molecule has 0 unspecified atom stereocenters. The van der Waals surface area contributed by atoms with Gasteiger partial charge in [-0.25, -0.2) is 4.98 Å². The van der Waals surface area contributed by atoms with Crippen LogP contribution < -0.4 is 25.0 Å².